The number of nitrogens with zero attached hydrogens (tertiary/aromatic N) is 2. The predicted molar refractivity (Wildman–Crippen MR) is 84.3 cm³/mol. The van der Waals surface area contributed by atoms with Crippen molar-refractivity contribution in [3.8, 4) is 0 Å². The molecule has 0 aliphatic carbocycles. The number of rotatable bonds is 0. The molecule has 224 valence electrons. The molecule has 0 N–H and O–H groups in total. The van der Waals surface area contributed by atoms with Gasteiger partial charge in [-0.2, -0.15) is 5.10 Å². The Morgan fingerprint density at radius 1 is 0.389 bits per heavy atom. The van der Waals surface area contributed by atoms with Gasteiger partial charge in [0.25, 0.3) is 0 Å². The summed E-state index contributed by atoms with van der Waals surface area (Å²) >= 11 is 0. The highest BCUT2D eigenvalue weighted by molar-refractivity contribution is 6.51. The van der Waals surface area contributed by atoms with E-state index in [0.29, 0.717) is 0 Å². The standard InChI is InChI=1S/C4H6N2.6BF4/c1-6-4-2-3-5-6;6*2-1(3,4)5/h2-4H,1H3;;;;;;/q;6*-1. The van der Waals surface area contributed by atoms with Crippen molar-refractivity contribution in [2.75, 3.05) is 0 Å². The van der Waals surface area contributed by atoms with Gasteiger partial charge in [0.15, 0.2) is 0 Å². The van der Waals surface area contributed by atoms with Crippen molar-refractivity contribution in [3.05, 3.63) is 18.5 Å². The van der Waals surface area contributed by atoms with Crippen LogP contribution in [-0.4, -0.2) is 53.3 Å². The first-order chi connectivity index (χ1) is 14.9. The Labute approximate surface area is 184 Å². The minimum absolute atomic E-state index is 1.75. The summed E-state index contributed by atoms with van der Waals surface area (Å²) in [5, 5.41) is 3.83. The molecule has 2 nitrogen and oxygen atoms in total. The second-order valence-corrected chi connectivity index (χ2v) is 4.15. The Kier molecular flexibility index (Phi) is 26.2. The lowest BCUT2D eigenvalue weighted by molar-refractivity contribution is 0.366. The Balaban J connectivity index is -0.0000000731. The highest BCUT2D eigenvalue weighted by Gasteiger charge is 2.22. The van der Waals surface area contributed by atoms with Crippen LogP contribution in [0.2, 0.25) is 0 Å². The molecule has 0 saturated heterocycles. The zero-order chi connectivity index (χ0) is 31.4. The van der Waals surface area contributed by atoms with E-state index in [0.717, 1.165) is 0 Å². The fourth-order valence-electron chi connectivity index (χ4n) is 0.345. The van der Waals surface area contributed by atoms with Crippen molar-refractivity contribution >= 4 is 43.5 Å². The van der Waals surface area contributed by atoms with Gasteiger partial charge in [-0.1, -0.05) is 0 Å². The molecule has 1 aromatic heterocycles. The molecule has 0 fully saturated rings. The van der Waals surface area contributed by atoms with E-state index in [2.05, 4.69) is 5.10 Å². The Hall–Kier alpha value is -2.08. The van der Waals surface area contributed by atoms with Crippen molar-refractivity contribution in [2.45, 2.75) is 0 Å². The molecule has 0 spiro atoms. The van der Waals surface area contributed by atoms with Crippen LogP contribution in [0.15, 0.2) is 18.5 Å². The van der Waals surface area contributed by atoms with Crippen LogP contribution in [0.25, 0.3) is 0 Å². The summed E-state index contributed by atoms with van der Waals surface area (Å²) in [6.45, 7) is 0. The third-order valence-corrected chi connectivity index (χ3v) is 0.637. The molecule has 0 aromatic carbocycles. The molecule has 0 bridgehead atoms. The molecule has 0 aliphatic heterocycles. The van der Waals surface area contributed by atoms with Crippen LogP contribution in [0.5, 0.6) is 0 Å². The fraction of sp³-hybridized carbons (Fsp3) is 0.250. The minimum Gasteiger partial charge on any atom is -0.418 e. The molecule has 0 saturated carbocycles. The van der Waals surface area contributed by atoms with Gasteiger partial charge in [-0.3, -0.25) is 4.68 Å². The lowest BCUT2D eigenvalue weighted by Crippen LogP contribution is -2.02. The molecule has 0 atom stereocenters. The smallest absolute Gasteiger partial charge is 0.418 e. The first-order valence-electron chi connectivity index (χ1n) is 7.07. The normalized spacial score (nSPS) is 11.5. The Bertz CT molecular complexity index is 433. The largest absolute Gasteiger partial charge is 0.673 e. The van der Waals surface area contributed by atoms with E-state index in [1.807, 2.05) is 19.3 Å². The number of aromatic nitrogens is 2. The lowest BCUT2D eigenvalue weighted by atomic mass is 10.3. The molecule has 36 heavy (non-hydrogen) atoms. The van der Waals surface area contributed by atoms with E-state index in [1.165, 1.54) is 0 Å². The van der Waals surface area contributed by atoms with E-state index >= 15 is 0 Å². The van der Waals surface area contributed by atoms with Crippen molar-refractivity contribution in [3.63, 3.8) is 0 Å². The molecule has 0 unspecified atom stereocenters. The first kappa shape index (κ1) is 47.2. The van der Waals surface area contributed by atoms with E-state index in [9.17, 15) is 104 Å². The number of aryl methyl sites for hydroxylation is 1. The fourth-order valence-corrected chi connectivity index (χ4v) is 0.345. The topological polar surface area (TPSA) is 17.8 Å². The van der Waals surface area contributed by atoms with Gasteiger partial charge in [0.2, 0.25) is 0 Å². The van der Waals surface area contributed by atoms with Crippen molar-refractivity contribution < 1.29 is 104 Å². The van der Waals surface area contributed by atoms with Gasteiger partial charge in [0, 0.05) is 19.4 Å². The van der Waals surface area contributed by atoms with Gasteiger partial charge in [-0.25, -0.2) is 0 Å². The van der Waals surface area contributed by atoms with Crippen LogP contribution in [0, 0.1) is 0 Å². The van der Waals surface area contributed by atoms with Crippen molar-refractivity contribution in [1.82, 2.24) is 9.78 Å². The number of hydrogen-bond acceptors (Lipinski definition) is 1. The van der Waals surface area contributed by atoms with Gasteiger partial charge in [-0.05, 0) is 6.07 Å². The summed E-state index contributed by atoms with van der Waals surface area (Å²) in [4.78, 5) is 0. The second-order valence-electron chi connectivity index (χ2n) is 4.15. The summed E-state index contributed by atoms with van der Waals surface area (Å²) in [6.07, 6.45) is 3.64. The molecule has 32 heteroatoms. The van der Waals surface area contributed by atoms with Crippen LogP contribution in [-0.2, 0) is 7.05 Å². The van der Waals surface area contributed by atoms with Gasteiger partial charge >= 0.3 is 43.5 Å². The molecule has 0 aliphatic rings. The molecule has 0 amide bonds. The number of halogens is 24. The van der Waals surface area contributed by atoms with Gasteiger partial charge < -0.3 is 104 Å². The number of hydrogen-bond donors (Lipinski definition) is 0. The second kappa shape index (κ2) is 20.0. The van der Waals surface area contributed by atoms with Gasteiger partial charge in [0.05, 0.1) is 0 Å². The summed E-state index contributed by atoms with van der Waals surface area (Å²) in [6, 6.07) is 1.89. The summed E-state index contributed by atoms with van der Waals surface area (Å²) < 4.78 is 236. The minimum atomic E-state index is -6.00. The lowest BCUT2D eigenvalue weighted by Gasteiger charge is -1.94. The highest BCUT2D eigenvalue weighted by atomic mass is 19.5. The van der Waals surface area contributed by atoms with Crippen LogP contribution in [0.3, 0.4) is 0 Å². The summed E-state index contributed by atoms with van der Waals surface area (Å²) in [5.41, 5.74) is 0. The Morgan fingerprint density at radius 3 is 0.556 bits per heavy atom. The van der Waals surface area contributed by atoms with Crippen LogP contribution in [0.1, 0.15) is 0 Å². The van der Waals surface area contributed by atoms with E-state index < -0.39 is 43.5 Å². The summed E-state index contributed by atoms with van der Waals surface area (Å²) in [7, 11) is -34.1. The molecule has 0 radical (unpaired) electrons. The average molecular weight is 603 g/mol. The van der Waals surface area contributed by atoms with Gasteiger partial charge in [0.1, 0.15) is 0 Å². The molecule has 1 aromatic rings. The maximum atomic E-state index is 9.75. The maximum Gasteiger partial charge on any atom is 0.673 e. The van der Waals surface area contributed by atoms with Crippen molar-refractivity contribution in [1.29, 1.82) is 0 Å². The highest BCUT2D eigenvalue weighted by Crippen LogP contribution is 2.09. The first-order valence-corrected chi connectivity index (χ1v) is 7.07. The van der Waals surface area contributed by atoms with E-state index in [4.69, 9.17) is 0 Å². The molecular weight excluding hydrogens is 597 g/mol. The predicted octanol–water partition coefficient (Wildman–Crippen LogP) is 8.22. The monoisotopic (exact) mass is 604 g/mol. The van der Waals surface area contributed by atoms with Crippen LogP contribution < -0.4 is 0 Å². The zero-order valence-corrected chi connectivity index (χ0v) is 16.2. The third-order valence-electron chi connectivity index (χ3n) is 0.637. The van der Waals surface area contributed by atoms with E-state index in [-0.39, 0.29) is 0 Å². The van der Waals surface area contributed by atoms with Gasteiger partial charge in [-0.15, -0.1) is 0 Å². The third kappa shape index (κ3) is 1260. The molecule has 1 rings (SSSR count). The Morgan fingerprint density at radius 2 is 0.528 bits per heavy atom. The summed E-state index contributed by atoms with van der Waals surface area (Å²) in [5.74, 6) is 0. The molecular formula is C4H6B6F24N2-6. The molecule has 1 heterocycles. The average Bonchev–Trinajstić information content (AvgIpc) is 2.76. The van der Waals surface area contributed by atoms with E-state index in [1.54, 1.807) is 10.9 Å². The van der Waals surface area contributed by atoms with Crippen LogP contribution >= 0.6 is 0 Å². The SMILES string of the molecule is Cn1cccn1.F[B-](F)(F)F.F[B-](F)(F)F.F[B-](F)(F)F.F[B-](F)(F)F.F[B-](F)(F)F.F[B-](F)(F)F. The maximum absolute atomic E-state index is 9.75. The quantitative estimate of drug-likeness (QED) is 0.216. The van der Waals surface area contributed by atoms with Crippen molar-refractivity contribution in [2.24, 2.45) is 7.05 Å². The van der Waals surface area contributed by atoms with Crippen LogP contribution in [0.4, 0.5) is 104 Å². The zero-order valence-electron chi connectivity index (χ0n) is 16.2.